The second kappa shape index (κ2) is 7.46. The van der Waals surface area contributed by atoms with Gasteiger partial charge in [0, 0.05) is 12.1 Å². The van der Waals surface area contributed by atoms with Crippen LogP contribution in [-0.2, 0) is 11.3 Å². The van der Waals surface area contributed by atoms with Gasteiger partial charge in [0.05, 0.1) is 6.54 Å². The molecule has 6 nitrogen and oxygen atoms in total. The fourth-order valence-electron chi connectivity index (χ4n) is 2.96. The average Bonchev–Trinajstić information content (AvgIpc) is 2.95. The molecule has 3 N–H and O–H groups in total. The van der Waals surface area contributed by atoms with E-state index in [0.717, 1.165) is 5.56 Å². The summed E-state index contributed by atoms with van der Waals surface area (Å²) in [4.78, 5) is 26.4. The monoisotopic (exact) mass is 340 g/mol. The highest BCUT2D eigenvalue weighted by Crippen LogP contribution is 2.22. The zero-order valence-electron chi connectivity index (χ0n) is 13.6. The van der Waals surface area contributed by atoms with Crippen LogP contribution in [0, 0.1) is 0 Å². The molecule has 1 aliphatic heterocycles. The summed E-state index contributed by atoms with van der Waals surface area (Å²) in [5.41, 5.74) is 1.31. The summed E-state index contributed by atoms with van der Waals surface area (Å²) in [6, 6.07) is 16.7. The van der Waals surface area contributed by atoms with Gasteiger partial charge in [-0.25, -0.2) is 0 Å². The van der Waals surface area contributed by atoms with Gasteiger partial charge < -0.3 is 20.4 Å². The van der Waals surface area contributed by atoms with Crippen molar-refractivity contribution in [2.45, 2.75) is 24.8 Å². The molecule has 0 unspecified atom stereocenters. The van der Waals surface area contributed by atoms with Crippen LogP contribution in [0.4, 0.5) is 0 Å². The smallest absolute Gasteiger partial charge is 0.254 e. The molecular formula is C19H20N2O4. The van der Waals surface area contributed by atoms with Crippen LogP contribution in [0.25, 0.3) is 0 Å². The summed E-state index contributed by atoms with van der Waals surface area (Å²) >= 11 is 0. The van der Waals surface area contributed by atoms with Crippen molar-refractivity contribution in [2.75, 3.05) is 6.54 Å². The number of carbonyl (C=O) groups excluding carboxylic acids is 2. The molecule has 25 heavy (non-hydrogen) atoms. The maximum atomic E-state index is 12.7. The summed E-state index contributed by atoms with van der Waals surface area (Å²) in [7, 11) is 0. The average molecular weight is 340 g/mol. The highest BCUT2D eigenvalue weighted by Gasteiger charge is 2.46. The Kier molecular flexibility index (Phi) is 5.11. The minimum Gasteiger partial charge on any atom is -0.388 e. The normalized spacial score (nSPS) is 22.6. The lowest BCUT2D eigenvalue weighted by Crippen LogP contribution is -2.50. The van der Waals surface area contributed by atoms with E-state index in [9.17, 15) is 19.8 Å². The number of hydrogen-bond acceptors (Lipinski definition) is 4. The summed E-state index contributed by atoms with van der Waals surface area (Å²) in [5.74, 6) is -0.881. The second-order valence-electron chi connectivity index (χ2n) is 6.03. The Bertz CT molecular complexity index is 736. The lowest BCUT2D eigenvalue weighted by Gasteiger charge is -2.25. The molecule has 2 aromatic rings. The van der Waals surface area contributed by atoms with Gasteiger partial charge in [0.2, 0.25) is 5.91 Å². The van der Waals surface area contributed by atoms with Crippen LogP contribution in [0.15, 0.2) is 60.7 Å². The van der Waals surface area contributed by atoms with Crippen molar-refractivity contribution < 1.29 is 19.8 Å². The van der Waals surface area contributed by atoms with E-state index >= 15 is 0 Å². The first-order valence-corrected chi connectivity index (χ1v) is 8.11. The fraction of sp³-hybridized carbons (Fsp3) is 0.263. The first-order valence-electron chi connectivity index (χ1n) is 8.11. The van der Waals surface area contributed by atoms with Crippen LogP contribution in [0.2, 0.25) is 0 Å². The largest absolute Gasteiger partial charge is 0.388 e. The Morgan fingerprint density at radius 2 is 1.60 bits per heavy atom. The number of likely N-dealkylation sites (tertiary alicyclic amines) is 1. The Labute approximate surface area is 145 Å². The van der Waals surface area contributed by atoms with Crippen LogP contribution >= 0.6 is 0 Å². The lowest BCUT2D eigenvalue weighted by molar-refractivity contribution is -0.128. The minimum atomic E-state index is -1.32. The molecular weight excluding hydrogens is 320 g/mol. The van der Waals surface area contributed by atoms with Crippen LogP contribution in [-0.4, -0.2) is 51.7 Å². The van der Waals surface area contributed by atoms with Crippen molar-refractivity contribution in [3.63, 3.8) is 0 Å². The molecule has 0 radical (unpaired) electrons. The summed E-state index contributed by atoms with van der Waals surface area (Å²) in [5, 5.41) is 22.9. The zero-order valence-corrected chi connectivity index (χ0v) is 13.6. The molecule has 2 amide bonds. The van der Waals surface area contributed by atoms with Crippen molar-refractivity contribution >= 4 is 11.8 Å². The Morgan fingerprint density at radius 3 is 2.24 bits per heavy atom. The van der Waals surface area contributed by atoms with Crippen LogP contribution in [0.1, 0.15) is 15.9 Å². The van der Waals surface area contributed by atoms with E-state index in [2.05, 4.69) is 5.32 Å². The summed E-state index contributed by atoms with van der Waals surface area (Å²) in [6.07, 6.45) is -2.47. The SMILES string of the molecule is O=C(NCc1ccccc1)[C@@H]1[C@@H](O)[C@@H](O)CN1C(=O)c1ccccc1. The predicted molar refractivity (Wildman–Crippen MR) is 91.6 cm³/mol. The van der Waals surface area contributed by atoms with Gasteiger partial charge in [-0.15, -0.1) is 0 Å². The molecule has 0 aromatic heterocycles. The third kappa shape index (κ3) is 3.70. The molecule has 3 rings (SSSR count). The van der Waals surface area contributed by atoms with Crippen molar-refractivity contribution in [1.29, 1.82) is 0 Å². The highest BCUT2D eigenvalue weighted by molar-refractivity contribution is 5.98. The summed E-state index contributed by atoms with van der Waals surface area (Å²) < 4.78 is 0. The third-order valence-electron chi connectivity index (χ3n) is 4.30. The van der Waals surface area contributed by atoms with Crippen molar-refractivity contribution in [3.8, 4) is 0 Å². The quantitative estimate of drug-likeness (QED) is 0.758. The van der Waals surface area contributed by atoms with Gasteiger partial charge in [-0.3, -0.25) is 9.59 Å². The van der Waals surface area contributed by atoms with Crippen LogP contribution in [0.5, 0.6) is 0 Å². The molecule has 3 atom stereocenters. The molecule has 0 bridgehead atoms. The van der Waals surface area contributed by atoms with Gasteiger partial charge in [-0.1, -0.05) is 48.5 Å². The number of aliphatic hydroxyl groups excluding tert-OH is 2. The van der Waals surface area contributed by atoms with Gasteiger partial charge in [0.25, 0.3) is 5.91 Å². The van der Waals surface area contributed by atoms with Gasteiger partial charge in [-0.05, 0) is 17.7 Å². The second-order valence-corrected chi connectivity index (χ2v) is 6.03. The van der Waals surface area contributed by atoms with E-state index in [4.69, 9.17) is 0 Å². The Morgan fingerprint density at radius 1 is 1.00 bits per heavy atom. The zero-order chi connectivity index (χ0) is 17.8. The molecule has 2 aromatic carbocycles. The molecule has 130 valence electrons. The molecule has 6 heteroatoms. The highest BCUT2D eigenvalue weighted by atomic mass is 16.3. The van der Waals surface area contributed by atoms with E-state index in [0.29, 0.717) is 5.56 Å². The van der Waals surface area contributed by atoms with E-state index < -0.39 is 30.1 Å². The van der Waals surface area contributed by atoms with Crippen molar-refractivity contribution in [2.24, 2.45) is 0 Å². The van der Waals surface area contributed by atoms with E-state index in [1.54, 1.807) is 30.3 Å². The van der Waals surface area contributed by atoms with Crippen molar-refractivity contribution in [1.82, 2.24) is 10.2 Å². The van der Waals surface area contributed by atoms with Crippen LogP contribution < -0.4 is 5.32 Å². The molecule has 0 spiro atoms. The number of aliphatic hydroxyl groups is 2. The number of nitrogens with one attached hydrogen (secondary N) is 1. The van der Waals surface area contributed by atoms with Gasteiger partial charge in [0.15, 0.2) is 0 Å². The standard InChI is InChI=1S/C19H20N2O4/c22-15-12-21(19(25)14-9-5-2-6-10-14)16(17(15)23)18(24)20-11-13-7-3-1-4-8-13/h1-10,15-17,22-23H,11-12H2,(H,20,24)/t15-,16-,17-/m0/s1. The number of hydrogen-bond donors (Lipinski definition) is 3. The molecule has 1 heterocycles. The van der Waals surface area contributed by atoms with Gasteiger partial charge >= 0.3 is 0 Å². The number of amides is 2. The number of benzene rings is 2. The van der Waals surface area contributed by atoms with E-state index in [1.807, 2.05) is 30.3 Å². The molecule has 0 aliphatic carbocycles. The Balaban J connectivity index is 1.74. The molecule has 1 aliphatic rings. The predicted octanol–water partition coefficient (Wildman–Crippen LogP) is 0.549. The first-order chi connectivity index (χ1) is 12.1. The number of nitrogens with zero attached hydrogens (tertiary/aromatic N) is 1. The lowest BCUT2D eigenvalue weighted by atomic mass is 10.1. The fourth-order valence-corrected chi connectivity index (χ4v) is 2.96. The third-order valence-corrected chi connectivity index (χ3v) is 4.30. The number of rotatable bonds is 4. The summed E-state index contributed by atoms with van der Waals surface area (Å²) in [6.45, 7) is 0.199. The maximum Gasteiger partial charge on any atom is 0.254 e. The topological polar surface area (TPSA) is 89.9 Å². The molecule has 0 saturated carbocycles. The molecule has 1 fully saturated rings. The van der Waals surface area contributed by atoms with E-state index in [-0.39, 0.29) is 13.1 Å². The molecule has 1 saturated heterocycles. The minimum absolute atomic E-state index is 0.0850. The number of carbonyl (C=O) groups is 2. The van der Waals surface area contributed by atoms with Gasteiger partial charge in [-0.2, -0.15) is 0 Å². The van der Waals surface area contributed by atoms with Crippen LogP contribution in [0.3, 0.4) is 0 Å². The Hall–Kier alpha value is -2.70. The van der Waals surface area contributed by atoms with Crippen molar-refractivity contribution in [3.05, 3.63) is 71.8 Å². The van der Waals surface area contributed by atoms with Gasteiger partial charge in [0.1, 0.15) is 18.2 Å². The first kappa shape index (κ1) is 17.1. The van der Waals surface area contributed by atoms with E-state index in [1.165, 1.54) is 4.90 Å². The number of β-amino-alcohol motifs (C(OH)–C–C–N with tert-alkyl or cyclic N) is 1. The maximum absolute atomic E-state index is 12.7.